The highest BCUT2D eigenvalue weighted by atomic mass is 32.1. The number of aromatic amines is 1. The van der Waals surface area contributed by atoms with E-state index in [4.69, 9.17) is 0 Å². The first-order chi connectivity index (χ1) is 12.6. The molecule has 130 valence electrons. The van der Waals surface area contributed by atoms with E-state index in [0.717, 1.165) is 10.9 Å². The molecule has 3 N–H and O–H groups in total. The number of nitro groups is 1. The van der Waals surface area contributed by atoms with Gasteiger partial charge >= 0.3 is 0 Å². The van der Waals surface area contributed by atoms with Crippen LogP contribution in [0.3, 0.4) is 0 Å². The molecule has 0 aliphatic rings. The first-order valence-corrected chi connectivity index (χ1v) is 8.50. The van der Waals surface area contributed by atoms with Gasteiger partial charge in [0.25, 0.3) is 5.69 Å². The zero-order valence-corrected chi connectivity index (χ0v) is 14.0. The lowest BCUT2D eigenvalue weighted by Gasteiger charge is -2.11. The summed E-state index contributed by atoms with van der Waals surface area (Å²) in [6.07, 6.45) is 0. The standard InChI is InChI=1S/C17H13N5O3S/c23-16-15(12-6-1-2-7-13(12)18-16)20-21-17-19-14(9-26-17)10-4-3-5-11(8-10)22(24)25/h1-9,18,20,23H,(H,19,21)/p-1. The lowest BCUT2D eigenvalue weighted by atomic mass is 10.1. The van der Waals surface area contributed by atoms with Crippen molar-refractivity contribution in [3.8, 4) is 17.1 Å². The summed E-state index contributed by atoms with van der Waals surface area (Å²) in [7, 11) is 0. The molecule has 2 aromatic heterocycles. The number of nitrogens with zero attached hydrogens (tertiary/aromatic N) is 2. The Bertz CT molecular complexity index is 1100. The second kappa shape index (κ2) is 6.37. The van der Waals surface area contributed by atoms with Gasteiger partial charge in [0.2, 0.25) is 5.13 Å². The van der Waals surface area contributed by atoms with Crippen molar-refractivity contribution in [2.45, 2.75) is 0 Å². The van der Waals surface area contributed by atoms with Crippen LogP contribution in [0.25, 0.3) is 22.2 Å². The Morgan fingerprint density at radius 3 is 2.81 bits per heavy atom. The number of para-hydroxylation sites is 1. The van der Waals surface area contributed by atoms with Crippen molar-refractivity contribution in [2.75, 3.05) is 10.9 Å². The molecule has 8 nitrogen and oxygen atoms in total. The molecule has 0 saturated carbocycles. The van der Waals surface area contributed by atoms with Gasteiger partial charge < -0.3 is 10.1 Å². The average Bonchev–Trinajstić information content (AvgIpc) is 3.24. The van der Waals surface area contributed by atoms with Gasteiger partial charge in [-0.25, -0.2) is 4.98 Å². The molecule has 0 spiro atoms. The molecule has 4 rings (SSSR count). The zero-order valence-electron chi connectivity index (χ0n) is 13.2. The fraction of sp³-hybridized carbons (Fsp3) is 0. The number of benzene rings is 2. The van der Waals surface area contributed by atoms with Gasteiger partial charge in [0, 0.05) is 34.0 Å². The summed E-state index contributed by atoms with van der Waals surface area (Å²) in [5.74, 6) is -0.228. The van der Waals surface area contributed by atoms with E-state index in [-0.39, 0.29) is 11.6 Å². The van der Waals surface area contributed by atoms with E-state index in [1.165, 1.54) is 23.5 Å². The van der Waals surface area contributed by atoms with E-state index in [1.54, 1.807) is 17.5 Å². The molecule has 0 saturated heterocycles. The number of fused-ring (bicyclic) bond motifs is 1. The van der Waals surface area contributed by atoms with Gasteiger partial charge in [0.1, 0.15) is 0 Å². The maximum absolute atomic E-state index is 12.0. The Morgan fingerprint density at radius 2 is 1.96 bits per heavy atom. The monoisotopic (exact) mass is 366 g/mol. The molecule has 2 aromatic carbocycles. The van der Waals surface area contributed by atoms with Crippen LogP contribution in [-0.4, -0.2) is 14.9 Å². The van der Waals surface area contributed by atoms with Gasteiger partial charge in [0.15, 0.2) is 0 Å². The molecule has 0 amide bonds. The van der Waals surface area contributed by atoms with Crippen LogP contribution in [0.1, 0.15) is 0 Å². The minimum absolute atomic E-state index is 0.0120. The van der Waals surface area contributed by atoms with E-state index in [2.05, 4.69) is 20.8 Å². The molecule has 0 aliphatic heterocycles. The van der Waals surface area contributed by atoms with Crippen LogP contribution in [0.5, 0.6) is 5.88 Å². The largest absolute Gasteiger partial charge is 0.859 e. The van der Waals surface area contributed by atoms with Crippen molar-refractivity contribution in [1.82, 2.24) is 9.97 Å². The Labute approximate surface area is 151 Å². The maximum atomic E-state index is 12.0. The van der Waals surface area contributed by atoms with Crippen LogP contribution < -0.4 is 16.0 Å². The number of hydrazine groups is 1. The van der Waals surface area contributed by atoms with Gasteiger partial charge in [-0.3, -0.25) is 21.0 Å². The van der Waals surface area contributed by atoms with Crippen LogP contribution in [0.15, 0.2) is 53.9 Å². The number of hydrogen-bond acceptors (Lipinski definition) is 7. The molecule has 26 heavy (non-hydrogen) atoms. The van der Waals surface area contributed by atoms with Gasteiger partial charge in [-0.1, -0.05) is 30.3 Å². The fourth-order valence-electron chi connectivity index (χ4n) is 2.60. The number of anilines is 2. The average molecular weight is 366 g/mol. The van der Waals surface area contributed by atoms with Gasteiger partial charge in [0.05, 0.1) is 16.3 Å². The summed E-state index contributed by atoms with van der Waals surface area (Å²) >= 11 is 1.32. The predicted octanol–water partition coefficient (Wildman–Crippen LogP) is 3.71. The Kier molecular flexibility index (Phi) is 3.90. The number of nitro benzene ring substituents is 1. The number of rotatable bonds is 5. The molecular formula is C17H12N5O3S-. The van der Waals surface area contributed by atoms with Crippen molar-refractivity contribution < 1.29 is 10.0 Å². The number of hydrogen-bond donors (Lipinski definition) is 3. The lowest BCUT2D eigenvalue weighted by molar-refractivity contribution is -0.384. The lowest BCUT2D eigenvalue weighted by Crippen LogP contribution is -2.09. The van der Waals surface area contributed by atoms with Crippen LogP contribution in [0.4, 0.5) is 16.5 Å². The summed E-state index contributed by atoms with van der Waals surface area (Å²) in [5.41, 5.74) is 8.24. The molecule has 0 atom stereocenters. The van der Waals surface area contributed by atoms with Crippen molar-refractivity contribution in [1.29, 1.82) is 0 Å². The molecule has 0 bridgehead atoms. The second-order valence-electron chi connectivity index (χ2n) is 5.47. The fourth-order valence-corrected chi connectivity index (χ4v) is 3.27. The minimum atomic E-state index is -0.441. The Hall–Kier alpha value is -3.59. The number of non-ortho nitro benzene ring substituents is 1. The van der Waals surface area contributed by atoms with E-state index < -0.39 is 4.92 Å². The van der Waals surface area contributed by atoms with Crippen LogP contribution >= 0.6 is 11.3 Å². The number of nitrogens with one attached hydrogen (secondary N) is 3. The van der Waals surface area contributed by atoms with Crippen molar-refractivity contribution >= 4 is 38.7 Å². The van der Waals surface area contributed by atoms with Crippen molar-refractivity contribution in [2.24, 2.45) is 0 Å². The summed E-state index contributed by atoms with van der Waals surface area (Å²) in [4.78, 5) is 17.6. The molecule has 0 aliphatic carbocycles. The van der Waals surface area contributed by atoms with Gasteiger partial charge in [-0.2, -0.15) is 0 Å². The molecule has 2 heterocycles. The highest BCUT2D eigenvalue weighted by molar-refractivity contribution is 7.14. The highest BCUT2D eigenvalue weighted by Crippen LogP contribution is 2.31. The van der Waals surface area contributed by atoms with E-state index >= 15 is 0 Å². The molecule has 0 radical (unpaired) electrons. The molecular weight excluding hydrogens is 354 g/mol. The predicted molar refractivity (Wildman–Crippen MR) is 99.2 cm³/mol. The third-order valence-corrected chi connectivity index (χ3v) is 4.58. The smallest absolute Gasteiger partial charge is 0.270 e. The Morgan fingerprint density at radius 1 is 1.12 bits per heavy atom. The highest BCUT2D eigenvalue weighted by Gasteiger charge is 2.10. The molecule has 9 heteroatoms. The summed E-state index contributed by atoms with van der Waals surface area (Å²) in [5, 5.41) is 26.0. The minimum Gasteiger partial charge on any atom is -0.859 e. The normalized spacial score (nSPS) is 10.8. The number of aromatic nitrogens is 2. The van der Waals surface area contributed by atoms with Crippen LogP contribution in [0, 0.1) is 10.1 Å². The first-order valence-electron chi connectivity index (χ1n) is 7.62. The SMILES string of the molecule is O=[N+]([O-])c1cccc(-c2csc(NNc3c([O-])[nH]c4ccccc34)n2)c1. The molecule has 0 fully saturated rings. The maximum Gasteiger partial charge on any atom is 0.270 e. The van der Waals surface area contributed by atoms with Crippen molar-refractivity contribution in [3.05, 3.63) is 64.0 Å². The number of H-pyrrole nitrogens is 1. The third-order valence-electron chi connectivity index (χ3n) is 3.82. The van der Waals surface area contributed by atoms with Gasteiger partial charge in [-0.05, 0) is 11.9 Å². The van der Waals surface area contributed by atoms with Gasteiger partial charge in [-0.15, -0.1) is 11.3 Å². The third kappa shape index (κ3) is 2.91. The topological polar surface area (TPSA) is 119 Å². The Balaban J connectivity index is 1.55. The van der Waals surface area contributed by atoms with Crippen molar-refractivity contribution in [3.63, 3.8) is 0 Å². The van der Waals surface area contributed by atoms with E-state index in [1.807, 2.05) is 24.3 Å². The summed E-state index contributed by atoms with van der Waals surface area (Å²) in [6.45, 7) is 0. The van der Waals surface area contributed by atoms with Crippen LogP contribution in [-0.2, 0) is 0 Å². The number of thiazole rings is 1. The summed E-state index contributed by atoms with van der Waals surface area (Å²) in [6, 6.07) is 13.7. The second-order valence-corrected chi connectivity index (χ2v) is 6.33. The molecule has 4 aromatic rings. The summed E-state index contributed by atoms with van der Waals surface area (Å²) < 4.78 is 0. The molecule has 0 unspecified atom stereocenters. The quantitative estimate of drug-likeness (QED) is 0.366. The van der Waals surface area contributed by atoms with Crippen LogP contribution in [0.2, 0.25) is 0 Å². The zero-order chi connectivity index (χ0) is 18.1. The van der Waals surface area contributed by atoms with E-state index in [9.17, 15) is 15.2 Å². The first kappa shape index (κ1) is 15.9. The van der Waals surface area contributed by atoms with E-state index in [0.29, 0.717) is 22.1 Å².